The van der Waals surface area contributed by atoms with E-state index in [1.165, 1.54) is 0 Å². The highest BCUT2D eigenvalue weighted by molar-refractivity contribution is 9.11. The van der Waals surface area contributed by atoms with Gasteiger partial charge >= 0.3 is 0 Å². The fraction of sp³-hybridized carbons (Fsp3) is 0.312. The molecule has 0 saturated carbocycles. The fourth-order valence-electron chi connectivity index (χ4n) is 2.03. The Bertz CT molecular complexity index is 619. The normalized spacial score (nSPS) is 10.5. The predicted octanol–water partition coefficient (Wildman–Crippen LogP) is 4.16. The number of benzene rings is 1. The maximum absolute atomic E-state index is 12.1. The largest absolute Gasteiger partial charge is 0.483 e. The highest BCUT2D eigenvalue weighted by atomic mass is 79.9. The molecule has 0 unspecified atom stereocenters. The Balaban J connectivity index is 1.92. The number of carbonyl (C=O) groups excluding carboxylic acids is 1. The van der Waals surface area contributed by atoms with Crippen LogP contribution in [0.5, 0.6) is 5.75 Å². The Kier molecular flexibility index (Phi) is 5.42. The minimum Gasteiger partial charge on any atom is -0.483 e. The van der Waals surface area contributed by atoms with Crippen molar-refractivity contribution in [2.24, 2.45) is 0 Å². The molecule has 0 aliphatic carbocycles. The van der Waals surface area contributed by atoms with E-state index in [1.807, 2.05) is 44.2 Å². The van der Waals surface area contributed by atoms with E-state index in [0.29, 0.717) is 6.54 Å². The second kappa shape index (κ2) is 7.09. The lowest BCUT2D eigenvalue weighted by atomic mass is 10.1. The Morgan fingerprint density at radius 2 is 1.90 bits per heavy atom. The molecule has 1 amide bonds. The maximum atomic E-state index is 12.1. The zero-order valence-electron chi connectivity index (χ0n) is 12.4. The van der Waals surface area contributed by atoms with Gasteiger partial charge in [0, 0.05) is 11.9 Å². The molecule has 1 heterocycles. The van der Waals surface area contributed by atoms with Crippen molar-refractivity contribution in [3.05, 3.63) is 50.1 Å². The van der Waals surface area contributed by atoms with Gasteiger partial charge in [-0.2, -0.15) is 0 Å². The summed E-state index contributed by atoms with van der Waals surface area (Å²) < 4.78 is 6.77. The molecule has 5 heteroatoms. The van der Waals surface area contributed by atoms with Crippen LogP contribution >= 0.6 is 27.3 Å². The molecule has 0 aliphatic rings. The molecule has 0 fully saturated rings. The smallest absolute Gasteiger partial charge is 0.260 e. The number of amides is 1. The lowest BCUT2D eigenvalue weighted by Gasteiger charge is -2.18. The highest BCUT2D eigenvalue weighted by Crippen LogP contribution is 2.24. The molecule has 21 heavy (non-hydrogen) atoms. The van der Waals surface area contributed by atoms with E-state index in [-0.39, 0.29) is 12.5 Å². The van der Waals surface area contributed by atoms with E-state index in [1.54, 1.807) is 23.3 Å². The van der Waals surface area contributed by atoms with Gasteiger partial charge in [0.2, 0.25) is 0 Å². The fourth-order valence-corrected chi connectivity index (χ4v) is 3.57. The van der Waals surface area contributed by atoms with Gasteiger partial charge in [-0.3, -0.25) is 4.79 Å². The molecule has 0 aliphatic heterocycles. The van der Waals surface area contributed by atoms with Gasteiger partial charge < -0.3 is 9.64 Å². The third-order valence-electron chi connectivity index (χ3n) is 3.20. The standard InChI is InChI=1S/C16H18BrNO2S/c1-11-5-4-6-12(2)16(11)20-10-15(19)18(3)9-13-7-8-14(17)21-13/h4-8H,9-10H2,1-3H3. The number of hydrogen-bond acceptors (Lipinski definition) is 3. The Morgan fingerprint density at radius 1 is 1.24 bits per heavy atom. The van der Waals surface area contributed by atoms with E-state index < -0.39 is 0 Å². The molecule has 3 nitrogen and oxygen atoms in total. The summed E-state index contributed by atoms with van der Waals surface area (Å²) in [4.78, 5) is 15.0. The van der Waals surface area contributed by atoms with Crippen LogP contribution < -0.4 is 4.74 Å². The second-order valence-electron chi connectivity index (χ2n) is 4.97. The first-order valence-corrected chi connectivity index (χ1v) is 8.25. The zero-order valence-corrected chi connectivity index (χ0v) is 14.8. The van der Waals surface area contributed by atoms with Crippen LogP contribution in [0.3, 0.4) is 0 Å². The van der Waals surface area contributed by atoms with Gasteiger partial charge in [0.25, 0.3) is 5.91 Å². The molecular weight excluding hydrogens is 350 g/mol. The van der Waals surface area contributed by atoms with Crippen molar-refractivity contribution < 1.29 is 9.53 Å². The third kappa shape index (κ3) is 4.32. The Labute approximate surface area is 137 Å². The number of carbonyl (C=O) groups is 1. The maximum Gasteiger partial charge on any atom is 0.260 e. The SMILES string of the molecule is Cc1cccc(C)c1OCC(=O)N(C)Cc1ccc(Br)s1. The van der Waals surface area contributed by atoms with Gasteiger partial charge in [-0.1, -0.05) is 18.2 Å². The summed E-state index contributed by atoms with van der Waals surface area (Å²) in [5, 5.41) is 0. The second-order valence-corrected chi connectivity index (χ2v) is 7.51. The van der Waals surface area contributed by atoms with E-state index in [4.69, 9.17) is 4.74 Å². The van der Waals surface area contributed by atoms with Crippen LogP contribution in [0.15, 0.2) is 34.1 Å². The minimum absolute atomic E-state index is 0.0258. The Hall–Kier alpha value is -1.33. The number of ether oxygens (including phenoxy) is 1. The number of rotatable bonds is 5. The molecule has 0 bridgehead atoms. The van der Waals surface area contributed by atoms with Gasteiger partial charge in [0.1, 0.15) is 5.75 Å². The van der Waals surface area contributed by atoms with Gasteiger partial charge in [0.05, 0.1) is 10.3 Å². The number of nitrogens with zero attached hydrogens (tertiary/aromatic N) is 1. The molecule has 0 N–H and O–H groups in total. The number of hydrogen-bond donors (Lipinski definition) is 0. The molecule has 112 valence electrons. The van der Waals surface area contributed by atoms with Crippen LogP contribution in [0.4, 0.5) is 0 Å². The van der Waals surface area contributed by atoms with Crippen molar-refractivity contribution >= 4 is 33.2 Å². The topological polar surface area (TPSA) is 29.5 Å². The highest BCUT2D eigenvalue weighted by Gasteiger charge is 2.12. The van der Waals surface area contributed by atoms with Crippen molar-refractivity contribution in [2.75, 3.05) is 13.7 Å². The van der Waals surface area contributed by atoms with E-state index in [0.717, 1.165) is 25.5 Å². The van der Waals surface area contributed by atoms with Crippen LogP contribution in [0, 0.1) is 13.8 Å². The van der Waals surface area contributed by atoms with Crippen molar-refractivity contribution in [3.63, 3.8) is 0 Å². The number of halogens is 1. The number of thiophene rings is 1. The van der Waals surface area contributed by atoms with Crippen LogP contribution in [0.2, 0.25) is 0 Å². The summed E-state index contributed by atoms with van der Waals surface area (Å²) >= 11 is 5.06. The summed E-state index contributed by atoms with van der Waals surface area (Å²) in [6.45, 7) is 4.64. The lowest BCUT2D eigenvalue weighted by molar-refractivity contribution is -0.132. The predicted molar refractivity (Wildman–Crippen MR) is 89.9 cm³/mol. The molecule has 0 radical (unpaired) electrons. The van der Waals surface area contributed by atoms with Crippen molar-refractivity contribution in [1.82, 2.24) is 4.90 Å². The van der Waals surface area contributed by atoms with Gasteiger partial charge in [-0.05, 0) is 53.0 Å². The summed E-state index contributed by atoms with van der Waals surface area (Å²) in [5.41, 5.74) is 2.10. The van der Waals surface area contributed by atoms with Crippen LogP contribution in [-0.2, 0) is 11.3 Å². The molecule has 1 aromatic heterocycles. The third-order valence-corrected chi connectivity index (χ3v) is 4.80. The average molecular weight is 368 g/mol. The molecular formula is C16H18BrNO2S. The summed E-state index contributed by atoms with van der Waals surface area (Å²) in [6.07, 6.45) is 0. The first-order valence-electron chi connectivity index (χ1n) is 6.64. The van der Waals surface area contributed by atoms with Crippen LogP contribution in [0.1, 0.15) is 16.0 Å². The summed E-state index contributed by atoms with van der Waals surface area (Å²) in [5.74, 6) is 0.778. The first kappa shape index (κ1) is 16.0. The zero-order chi connectivity index (χ0) is 15.4. The first-order chi connectivity index (χ1) is 9.97. The van der Waals surface area contributed by atoms with Crippen LogP contribution in [0.25, 0.3) is 0 Å². The van der Waals surface area contributed by atoms with Crippen molar-refractivity contribution in [1.29, 1.82) is 0 Å². The van der Waals surface area contributed by atoms with Gasteiger partial charge in [0.15, 0.2) is 6.61 Å². The summed E-state index contributed by atoms with van der Waals surface area (Å²) in [6, 6.07) is 9.97. The number of para-hydroxylation sites is 1. The van der Waals surface area contributed by atoms with Crippen molar-refractivity contribution in [3.8, 4) is 5.75 Å². The van der Waals surface area contributed by atoms with E-state index in [2.05, 4.69) is 15.9 Å². The van der Waals surface area contributed by atoms with Crippen LogP contribution in [-0.4, -0.2) is 24.5 Å². The molecule has 0 atom stereocenters. The average Bonchev–Trinajstić information content (AvgIpc) is 2.83. The van der Waals surface area contributed by atoms with E-state index in [9.17, 15) is 4.79 Å². The van der Waals surface area contributed by atoms with Gasteiger partial charge in [-0.25, -0.2) is 0 Å². The molecule has 0 spiro atoms. The van der Waals surface area contributed by atoms with Crippen molar-refractivity contribution in [2.45, 2.75) is 20.4 Å². The molecule has 2 rings (SSSR count). The molecule has 2 aromatic rings. The lowest BCUT2D eigenvalue weighted by Crippen LogP contribution is -2.30. The molecule has 0 saturated heterocycles. The number of likely N-dealkylation sites (N-methyl/N-ethyl adjacent to an activating group) is 1. The summed E-state index contributed by atoms with van der Waals surface area (Å²) in [7, 11) is 1.80. The molecule has 1 aromatic carbocycles. The Morgan fingerprint density at radius 3 is 2.48 bits per heavy atom. The number of aryl methyl sites for hydroxylation is 2. The minimum atomic E-state index is -0.0258. The van der Waals surface area contributed by atoms with Gasteiger partial charge in [-0.15, -0.1) is 11.3 Å². The quantitative estimate of drug-likeness (QED) is 0.793. The monoisotopic (exact) mass is 367 g/mol. The van der Waals surface area contributed by atoms with E-state index >= 15 is 0 Å².